The number of nitrogens with zero attached hydrogens (tertiary/aromatic N) is 2. The van der Waals surface area contributed by atoms with Gasteiger partial charge in [-0.15, -0.1) is 0 Å². The predicted octanol–water partition coefficient (Wildman–Crippen LogP) is 6.71. The van der Waals surface area contributed by atoms with Crippen LogP contribution >= 0.6 is 0 Å². The normalized spacial score (nSPS) is 16.0. The average Bonchev–Trinajstić information content (AvgIpc) is 2.52. The molecule has 4 heteroatoms. The van der Waals surface area contributed by atoms with E-state index in [0.29, 0.717) is 11.4 Å². The van der Waals surface area contributed by atoms with E-state index in [1.54, 1.807) is 12.1 Å². The Bertz CT molecular complexity index is 790. The molecule has 0 heterocycles. The molecule has 0 aliphatic heterocycles. The van der Waals surface area contributed by atoms with Crippen molar-refractivity contribution < 1.29 is 9.18 Å². The molecular weight excluding hydrogens is 327 g/mol. The van der Waals surface area contributed by atoms with Crippen LogP contribution in [0, 0.1) is 16.6 Å². The molecular formula is C22H27FN2O. The van der Waals surface area contributed by atoms with E-state index < -0.39 is 0 Å². The minimum Gasteiger partial charge on any atom is -0.289 e. The highest BCUT2D eigenvalue weighted by Gasteiger charge is 2.34. The van der Waals surface area contributed by atoms with Crippen molar-refractivity contribution in [3.63, 3.8) is 0 Å². The summed E-state index contributed by atoms with van der Waals surface area (Å²) >= 11 is 0. The second-order valence-corrected chi connectivity index (χ2v) is 8.66. The maximum absolute atomic E-state index is 13.0. The van der Waals surface area contributed by atoms with E-state index in [1.807, 2.05) is 60.6 Å². The summed E-state index contributed by atoms with van der Waals surface area (Å²) in [6.07, 6.45) is 3.83. The molecule has 26 heavy (non-hydrogen) atoms. The number of benzene rings is 1. The first-order valence-electron chi connectivity index (χ1n) is 8.77. The fourth-order valence-electron chi connectivity index (χ4n) is 2.65. The highest BCUT2D eigenvalue weighted by molar-refractivity contribution is 6.11. The number of Topliss-reactive ketones (excluding diaryl/α,β-unsaturated/α-hetero) is 1. The summed E-state index contributed by atoms with van der Waals surface area (Å²) in [5.41, 5.74) is 3.20. The molecule has 0 fully saturated rings. The van der Waals surface area contributed by atoms with Gasteiger partial charge in [0, 0.05) is 11.1 Å². The SMILES string of the molecule is CC(N=Nc1ccc(F)cc1)=C1C=C(C(C)(C)C)C(=O)C(C(C)(C)C)=C1. The summed E-state index contributed by atoms with van der Waals surface area (Å²) in [5.74, 6) is -0.211. The Labute approximate surface area is 155 Å². The Morgan fingerprint density at radius 1 is 0.885 bits per heavy atom. The lowest BCUT2D eigenvalue weighted by molar-refractivity contribution is -0.114. The largest absolute Gasteiger partial charge is 0.289 e. The van der Waals surface area contributed by atoms with Gasteiger partial charge in [0.15, 0.2) is 5.78 Å². The molecule has 0 saturated heterocycles. The first-order chi connectivity index (χ1) is 11.9. The zero-order valence-electron chi connectivity index (χ0n) is 16.6. The predicted molar refractivity (Wildman–Crippen MR) is 104 cm³/mol. The molecule has 0 saturated carbocycles. The molecule has 0 radical (unpaired) electrons. The number of rotatable bonds is 2. The van der Waals surface area contributed by atoms with E-state index in [9.17, 15) is 9.18 Å². The van der Waals surface area contributed by atoms with Crippen LogP contribution in [0.4, 0.5) is 10.1 Å². The number of hydrogen-bond donors (Lipinski definition) is 0. The highest BCUT2D eigenvalue weighted by Crippen LogP contribution is 2.39. The van der Waals surface area contributed by atoms with Crippen molar-refractivity contribution in [2.45, 2.75) is 48.5 Å². The van der Waals surface area contributed by atoms with Gasteiger partial charge in [-0.25, -0.2) is 4.39 Å². The molecule has 3 nitrogen and oxygen atoms in total. The molecule has 0 N–H and O–H groups in total. The third kappa shape index (κ3) is 4.63. The molecule has 0 atom stereocenters. The first-order valence-corrected chi connectivity index (χ1v) is 8.77. The summed E-state index contributed by atoms with van der Waals surface area (Å²) < 4.78 is 13.0. The first kappa shape index (κ1) is 20.0. The smallest absolute Gasteiger partial charge is 0.186 e. The molecule has 1 aromatic carbocycles. The van der Waals surface area contributed by atoms with Crippen molar-refractivity contribution in [2.75, 3.05) is 0 Å². The number of ketones is 1. The molecule has 1 aromatic rings. The highest BCUT2D eigenvalue weighted by atomic mass is 19.1. The molecule has 0 aromatic heterocycles. The number of carbonyl (C=O) groups excluding carboxylic acids is 1. The lowest BCUT2D eigenvalue weighted by Gasteiger charge is -2.31. The third-order valence-corrected chi connectivity index (χ3v) is 4.26. The van der Waals surface area contributed by atoms with E-state index in [-0.39, 0.29) is 22.4 Å². The molecule has 1 aliphatic carbocycles. The van der Waals surface area contributed by atoms with Gasteiger partial charge in [0.25, 0.3) is 0 Å². The molecule has 0 unspecified atom stereocenters. The molecule has 0 bridgehead atoms. The monoisotopic (exact) mass is 354 g/mol. The maximum Gasteiger partial charge on any atom is 0.186 e. The van der Waals surface area contributed by atoms with Crippen LogP contribution in [0.3, 0.4) is 0 Å². The number of halogens is 1. The van der Waals surface area contributed by atoms with Crippen LogP contribution in [0.25, 0.3) is 0 Å². The topological polar surface area (TPSA) is 41.8 Å². The van der Waals surface area contributed by atoms with Gasteiger partial charge in [-0.05, 0) is 59.7 Å². The van der Waals surface area contributed by atoms with Crippen molar-refractivity contribution in [1.82, 2.24) is 0 Å². The van der Waals surface area contributed by atoms with E-state index in [0.717, 1.165) is 16.7 Å². The number of carbonyl (C=O) groups is 1. The second kappa shape index (κ2) is 7.10. The maximum atomic E-state index is 13.0. The van der Waals surface area contributed by atoms with Crippen molar-refractivity contribution in [1.29, 1.82) is 0 Å². The molecule has 2 rings (SSSR count). The van der Waals surface area contributed by atoms with Crippen LogP contribution in [0.15, 0.2) is 69.1 Å². The minimum absolute atomic E-state index is 0.0945. The van der Waals surface area contributed by atoms with E-state index >= 15 is 0 Å². The lowest BCUT2D eigenvalue weighted by atomic mass is 9.72. The standard InChI is InChI=1S/C22H27FN2O/c1-14(24-25-17-10-8-16(23)9-11-17)15-12-18(21(2,3)4)20(26)19(13-15)22(5,6)7/h8-13H,1-7H3. The summed E-state index contributed by atoms with van der Waals surface area (Å²) in [7, 11) is 0. The van der Waals surface area contributed by atoms with Gasteiger partial charge in [-0.1, -0.05) is 41.5 Å². The van der Waals surface area contributed by atoms with Crippen LogP contribution in [-0.2, 0) is 4.79 Å². The van der Waals surface area contributed by atoms with E-state index in [1.165, 1.54) is 12.1 Å². The van der Waals surface area contributed by atoms with Crippen LogP contribution in [0.1, 0.15) is 48.5 Å². The number of allylic oxidation sites excluding steroid dienone is 6. The Hall–Kier alpha value is -2.36. The van der Waals surface area contributed by atoms with Crippen LogP contribution in [0.2, 0.25) is 0 Å². The summed E-state index contributed by atoms with van der Waals surface area (Å²) in [6.45, 7) is 14.1. The molecule has 0 amide bonds. The summed E-state index contributed by atoms with van der Waals surface area (Å²) in [4.78, 5) is 12.9. The second-order valence-electron chi connectivity index (χ2n) is 8.66. The van der Waals surface area contributed by atoms with Gasteiger partial charge in [0.05, 0.1) is 11.4 Å². The Morgan fingerprint density at radius 3 is 1.77 bits per heavy atom. The van der Waals surface area contributed by atoms with Crippen molar-refractivity contribution in [3.05, 3.63) is 64.7 Å². The number of azo groups is 1. The fraction of sp³-hybridized carbons (Fsp3) is 0.409. The van der Waals surface area contributed by atoms with Gasteiger partial charge in [0.1, 0.15) is 5.82 Å². The fourth-order valence-corrected chi connectivity index (χ4v) is 2.65. The van der Waals surface area contributed by atoms with Gasteiger partial charge >= 0.3 is 0 Å². The minimum atomic E-state index is -0.305. The Morgan fingerprint density at radius 2 is 1.35 bits per heavy atom. The van der Waals surface area contributed by atoms with E-state index in [4.69, 9.17) is 0 Å². The molecule has 0 spiro atoms. The Kier molecular flexibility index (Phi) is 5.45. The molecule has 1 aliphatic rings. The molecule has 138 valence electrons. The van der Waals surface area contributed by atoms with Crippen LogP contribution in [0.5, 0.6) is 0 Å². The third-order valence-electron chi connectivity index (χ3n) is 4.26. The summed E-state index contributed by atoms with van der Waals surface area (Å²) in [6, 6.07) is 5.86. The number of hydrogen-bond acceptors (Lipinski definition) is 3. The zero-order chi connectivity index (χ0) is 19.7. The summed E-state index contributed by atoms with van der Waals surface area (Å²) in [5, 5.41) is 8.46. The van der Waals surface area contributed by atoms with Crippen molar-refractivity contribution >= 4 is 11.5 Å². The van der Waals surface area contributed by atoms with E-state index in [2.05, 4.69) is 10.2 Å². The Balaban J connectivity index is 2.50. The van der Waals surface area contributed by atoms with Gasteiger partial charge in [-0.2, -0.15) is 10.2 Å². The van der Waals surface area contributed by atoms with Crippen LogP contribution < -0.4 is 0 Å². The van der Waals surface area contributed by atoms with Crippen molar-refractivity contribution in [3.8, 4) is 0 Å². The van der Waals surface area contributed by atoms with Gasteiger partial charge in [-0.3, -0.25) is 4.79 Å². The zero-order valence-corrected chi connectivity index (χ0v) is 16.6. The van der Waals surface area contributed by atoms with Gasteiger partial charge < -0.3 is 0 Å². The van der Waals surface area contributed by atoms with Crippen LogP contribution in [-0.4, -0.2) is 5.78 Å². The lowest BCUT2D eigenvalue weighted by Crippen LogP contribution is -2.28. The average molecular weight is 354 g/mol. The quantitative estimate of drug-likeness (QED) is 0.544. The van der Waals surface area contributed by atoms with Crippen molar-refractivity contribution in [2.24, 2.45) is 21.1 Å². The van der Waals surface area contributed by atoms with Gasteiger partial charge in [0.2, 0.25) is 0 Å².